The van der Waals surface area contributed by atoms with E-state index in [0.717, 1.165) is 48.7 Å². The lowest BCUT2D eigenvalue weighted by molar-refractivity contribution is 0.579. The Labute approximate surface area is 193 Å². The molecule has 1 aliphatic heterocycles. The Bertz CT molecular complexity index is 1490. The average molecular weight is 458 g/mol. The van der Waals surface area contributed by atoms with Gasteiger partial charge in [0.25, 0.3) is 0 Å². The Morgan fingerprint density at radius 1 is 0.912 bits per heavy atom. The van der Waals surface area contributed by atoms with Gasteiger partial charge in [0.05, 0.1) is 29.3 Å². The van der Waals surface area contributed by atoms with Crippen LogP contribution in [0.3, 0.4) is 0 Å². The number of fused-ring (bicyclic) bond motifs is 3. The van der Waals surface area contributed by atoms with E-state index in [1.807, 2.05) is 24.4 Å². The molecular formula is C24H20F2N8. The second kappa shape index (κ2) is 8.31. The van der Waals surface area contributed by atoms with Gasteiger partial charge < -0.3 is 15.5 Å². The van der Waals surface area contributed by atoms with Crippen LogP contribution in [0.15, 0.2) is 61.2 Å². The van der Waals surface area contributed by atoms with Crippen LogP contribution in [0.25, 0.3) is 27.6 Å². The molecule has 1 aliphatic rings. The van der Waals surface area contributed by atoms with Crippen molar-refractivity contribution in [3.63, 3.8) is 0 Å². The van der Waals surface area contributed by atoms with Crippen molar-refractivity contribution in [3.05, 3.63) is 72.8 Å². The molecule has 0 aliphatic carbocycles. The molecule has 0 radical (unpaired) electrons. The highest BCUT2D eigenvalue weighted by molar-refractivity contribution is 6.07. The molecule has 0 amide bonds. The number of hydrogen-bond acceptors (Lipinski definition) is 7. The van der Waals surface area contributed by atoms with Crippen molar-refractivity contribution in [3.8, 4) is 5.69 Å². The number of hydrogen-bond donors (Lipinski definition) is 2. The van der Waals surface area contributed by atoms with E-state index in [9.17, 15) is 8.78 Å². The molecule has 5 heterocycles. The van der Waals surface area contributed by atoms with Gasteiger partial charge in [-0.15, -0.1) is 0 Å². The summed E-state index contributed by atoms with van der Waals surface area (Å²) >= 11 is 0. The van der Waals surface area contributed by atoms with Gasteiger partial charge in [-0.2, -0.15) is 4.98 Å². The van der Waals surface area contributed by atoms with E-state index in [4.69, 9.17) is 0 Å². The predicted octanol–water partition coefficient (Wildman–Crippen LogP) is 3.80. The van der Waals surface area contributed by atoms with Gasteiger partial charge in [0.1, 0.15) is 17.5 Å². The normalized spacial score (nSPS) is 14.1. The lowest BCUT2D eigenvalue weighted by Crippen LogP contribution is -2.43. The maximum atomic E-state index is 14.8. The molecule has 1 aromatic carbocycles. The summed E-state index contributed by atoms with van der Waals surface area (Å²) in [5, 5.41) is 8.01. The van der Waals surface area contributed by atoms with E-state index in [2.05, 4.69) is 35.5 Å². The highest BCUT2D eigenvalue weighted by Gasteiger charge is 2.18. The molecule has 170 valence electrons. The zero-order chi connectivity index (χ0) is 23.1. The molecule has 34 heavy (non-hydrogen) atoms. The SMILES string of the molecule is Fc1ccc(-n2c3cnccc3c3cnc(Nc4ccc(N5CCNCC5)cn4)nc32)c(F)c1. The quantitative estimate of drug-likeness (QED) is 0.424. The zero-order valence-electron chi connectivity index (χ0n) is 18.0. The number of nitrogens with one attached hydrogen (secondary N) is 2. The summed E-state index contributed by atoms with van der Waals surface area (Å²) in [6, 6.07) is 9.18. The summed E-state index contributed by atoms with van der Waals surface area (Å²) in [5.41, 5.74) is 2.36. The van der Waals surface area contributed by atoms with Crippen LogP contribution in [-0.2, 0) is 0 Å². The second-order valence-corrected chi connectivity index (χ2v) is 8.02. The molecule has 5 aromatic rings. The van der Waals surface area contributed by atoms with Crippen LogP contribution in [0.5, 0.6) is 0 Å². The first-order valence-corrected chi connectivity index (χ1v) is 10.9. The summed E-state index contributed by atoms with van der Waals surface area (Å²) in [7, 11) is 0. The van der Waals surface area contributed by atoms with E-state index < -0.39 is 11.6 Å². The molecule has 10 heteroatoms. The van der Waals surface area contributed by atoms with Crippen LogP contribution in [0.4, 0.5) is 26.2 Å². The fraction of sp³-hybridized carbons (Fsp3) is 0.167. The first-order valence-electron chi connectivity index (χ1n) is 10.9. The molecule has 0 saturated carbocycles. The standard InChI is InChI=1S/C24H20F2N8/c25-15-1-3-20(19(26)11-15)34-21-14-28-6-5-17(21)18-13-30-24(32-23(18)34)31-22-4-2-16(12-29-22)33-9-7-27-8-10-33/h1-6,11-14,27H,7-10H2,(H,29,30,31,32). The second-order valence-electron chi connectivity index (χ2n) is 8.02. The van der Waals surface area contributed by atoms with Gasteiger partial charge in [-0.05, 0) is 30.3 Å². The van der Waals surface area contributed by atoms with Gasteiger partial charge in [0.2, 0.25) is 5.95 Å². The molecular weight excluding hydrogens is 438 g/mol. The van der Waals surface area contributed by atoms with Crippen molar-refractivity contribution in [1.82, 2.24) is 29.8 Å². The molecule has 4 aromatic heterocycles. The first kappa shape index (κ1) is 20.4. The van der Waals surface area contributed by atoms with Gasteiger partial charge in [0, 0.05) is 55.4 Å². The zero-order valence-corrected chi connectivity index (χ0v) is 18.0. The average Bonchev–Trinajstić information content (AvgIpc) is 3.19. The highest BCUT2D eigenvalue weighted by Crippen LogP contribution is 2.32. The van der Waals surface area contributed by atoms with Gasteiger partial charge in [-0.25, -0.2) is 18.7 Å². The van der Waals surface area contributed by atoms with E-state index in [1.165, 1.54) is 12.1 Å². The molecule has 1 saturated heterocycles. The number of benzene rings is 1. The van der Waals surface area contributed by atoms with Crippen LogP contribution in [0.2, 0.25) is 0 Å². The Balaban J connectivity index is 1.40. The molecule has 0 atom stereocenters. The van der Waals surface area contributed by atoms with Crippen LogP contribution < -0.4 is 15.5 Å². The highest BCUT2D eigenvalue weighted by atomic mass is 19.1. The topological polar surface area (TPSA) is 83.8 Å². The number of anilines is 3. The van der Waals surface area contributed by atoms with Crippen LogP contribution in [-0.4, -0.2) is 50.7 Å². The summed E-state index contributed by atoms with van der Waals surface area (Å²) in [6.07, 6.45) is 6.79. The Kier molecular flexibility index (Phi) is 4.99. The van der Waals surface area contributed by atoms with Gasteiger partial charge in [0.15, 0.2) is 5.65 Å². The third kappa shape index (κ3) is 3.57. The molecule has 0 spiro atoms. The third-order valence-corrected chi connectivity index (χ3v) is 5.93. The fourth-order valence-corrected chi connectivity index (χ4v) is 4.29. The van der Waals surface area contributed by atoms with Crippen molar-refractivity contribution in [2.24, 2.45) is 0 Å². The molecule has 2 N–H and O–H groups in total. The van der Waals surface area contributed by atoms with Gasteiger partial charge in [-0.3, -0.25) is 9.55 Å². The molecule has 6 rings (SSSR count). The number of aromatic nitrogens is 5. The van der Waals surface area contributed by atoms with E-state index in [0.29, 0.717) is 22.9 Å². The number of nitrogens with zero attached hydrogens (tertiary/aromatic N) is 6. The maximum Gasteiger partial charge on any atom is 0.230 e. The molecule has 0 bridgehead atoms. The van der Waals surface area contributed by atoms with E-state index in [1.54, 1.807) is 23.2 Å². The van der Waals surface area contributed by atoms with E-state index in [-0.39, 0.29) is 5.69 Å². The fourth-order valence-electron chi connectivity index (χ4n) is 4.29. The minimum atomic E-state index is -0.694. The Morgan fingerprint density at radius 3 is 2.59 bits per heavy atom. The van der Waals surface area contributed by atoms with Crippen molar-refractivity contribution in [2.75, 3.05) is 36.4 Å². The van der Waals surface area contributed by atoms with Crippen molar-refractivity contribution in [2.45, 2.75) is 0 Å². The minimum absolute atomic E-state index is 0.178. The molecule has 8 nitrogen and oxygen atoms in total. The van der Waals surface area contributed by atoms with Crippen molar-refractivity contribution in [1.29, 1.82) is 0 Å². The lowest BCUT2D eigenvalue weighted by Gasteiger charge is -2.29. The van der Waals surface area contributed by atoms with Gasteiger partial charge in [-0.1, -0.05) is 0 Å². The minimum Gasteiger partial charge on any atom is -0.368 e. The maximum absolute atomic E-state index is 14.8. The number of halogens is 2. The summed E-state index contributed by atoms with van der Waals surface area (Å²) in [6.45, 7) is 3.78. The monoisotopic (exact) mass is 458 g/mol. The molecule has 0 unspecified atom stereocenters. The van der Waals surface area contributed by atoms with Crippen molar-refractivity contribution >= 4 is 39.4 Å². The third-order valence-electron chi connectivity index (χ3n) is 5.93. The smallest absolute Gasteiger partial charge is 0.230 e. The number of pyridine rings is 2. The Morgan fingerprint density at radius 2 is 1.79 bits per heavy atom. The largest absolute Gasteiger partial charge is 0.368 e. The summed E-state index contributed by atoms with van der Waals surface area (Å²) in [4.78, 5) is 20.1. The van der Waals surface area contributed by atoms with Crippen molar-refractivity contribution < 1.29 is 8.78 Å². The summed E-state index contributed by atoms with van der Waals surface area (Å²) in [5.74, 6) is -0.432. The van der Waals surface area contributed by atoms with Crippen LogP contribution in [0.1, 0.15) is 0 Å². The van der Waals surface area contributed by atoms with Crippen LogP contribution in [0, 0.1) is 11.6 Å². The van der Waals surface area contributed by atoms with Gasteiger partial charge >= 0.3 is 0 Å². The predicted molar refractivity (Wildman–Crippen MR) is 127 cm³/mol. The van der Waals surface area contributed by atoms with E-state index >= 15 is 0 Å². The summed E-state index contributed by atoms with van der Waals surface area (Å²) < 4.78 is 29.9. The number of piperazine rings is 1. The Hall–Kier alpha value is -4.18. The molecule has 1 fully saturated rings. The number of rotatable bonds is 4. The lowest BCUT2D eigenvalue weighted by atomic mass is 10.2. The first-order chi connectivity index (χ1) is 16.7. The van der Waals surface area contributed by atoms with Crippen LogP contribution >= 0.6 is 0 Å².